The number of benzene rings is 1. The molecule has 0 atom stereocenters. The lowest BCUT2D eigenvalue weighted by molar-refractivity contribution is -0.143. The van der Waals surface area contributed by atoms with Gasteiger partial charge in [-0.3, -0.25) is 14.5 Å². The Kier molecular flexibility index (Phi) is 7.07. The molecular weight excluding hydrogens is 350 g/mol. The minimum Gasteiger partial charge on any atom is -0.494 e. The zero-order valence-electron chi connectivity index (χ0n) is 15.6. The number of hydrogen-bond acceptors (Lipinski definition) is 8. The number of esters is 1. The first kappa shape index (κ1) is 20.1. The molecule has 1 heterocycles. The van der Waals surface area contributed by atoms with E-state index in [1.165, 1.54) is 13.2 Å². The van der Waals surface area contributed by atoms with Gasteiger partial charge in [0.05, 0.1) is 31.5 Å². The van der Waals surface area contributed by atoms with Gasteiger partial charge in [0, 0.05) is 30.3 Å². The summed E-state index contributed by atoms with van der Waals surface area (Å²) in [6, 6.07) is 3.39. The highest BCUT2D eigenvalue weighted by molar-refractivity contribution is 6.02. The lowest BCUT2D eigenvalue weighted by atomic mass is 10.2. The Balaban J connectivity index is 2.00. The molecule has 9 nitrogen and oxygen atoms in total. The number of anilines is 2. The maximum absolute atomic E-state index is 12.2. The molecule has 0 unspecified atom stereocenters. The Morgan fingerprint density at radius 2 is 2.15 bits per heavy atom. The van der Waals surface area contributed by atoms with Gasteiger partial charge in [-0.05, 0) is 20.0 Å². The number of nitrogens with one attached hydrogen (secondary N) is 1. The average Bonchev–Trinajstić information content (AvgIpc) is 2.61. The number of rotatable bonds is 8. The summed E-state index contributed by atoms with van der Waals surface area (Å²) in [7, 11) is 3.26. The Bertz CT molecular complexity index is 853. The van der Waals surface area contributed by atoms with Crippen molar-refractivity contribution in [2.24, 2.45) is 0 Å². The summed E-state index contributed by atoms with van der Waals surface area (Å²) in [5.74, 6) is -0.00635. The Hall–Kier alpha value is -3.20. The molecule has 0 fully saturated rings. The highest BCUT2D eigenvalue weighted by Gasteiger charge is 2.10. The summed E-state index contributed by atoms with van der Waals surface area (Å²) in [6.45, 7) is 2.68. The molecule has 144 valence electrons. The lowest BCUT2D eigenvalue weighted by Gasteiger charge is -2.13. The Labute approximate surface area is 157 Å². The number of aromatic nitrogens is 2. The molecule has 27 heavy (non-hydrogen) atoms. The van der Waals surface area contributed by atoms with Crippen LogP contribution < -0.4 is 15.8 Å². The second kappa shape index (κ2) is 9.48. The fourth-order valence-corrected chi connectivity index (χ4v) is 2.35. The third kappa shape index (κ3) is 5.93. The predicted molar refractivity (Wildman–Crippen MR) is 102 cm³/mol. The number of methoxy groups -OCH3 is 1. The van der Waals surface area contributed by atoms with Gasteiger partial charge in [0.25, 0.3) is 0 Å². The van der Waals surface area contributed by atoms with Gasteiger partial charge in [-0.25, -0.2) is 9.97 Å². The lowest BCUT2D eigenvalue weighted by Crippen LogP contribution is -2.27. The number of nitrogens with zero attached hydrogens (tertiary/aromatic N) is 3. The van der Waals surface area contributed by atoms with Crippen molar-refractivity contribution >= 4 is 34.4 Å². The first-order valence-corrected chi connectivity index (χ1v) is 8.35. The molecule has 0 bridgehead atoms. The van der Waals surface area contributed by atoms with Crippen molar-refractivity contribution in [2.45, 2.75) is 6.92 Å². The summed E-state index contributed by atoms with van der Waals surface area (Å²) in [6.07, 6.45) is 4.63. The van der Waals surface area contributed by atoms with Crippen LogP contribution in [0.25, 0.3) is 10.9 Å². The quantitative estimate of drug-likeness (QED) is 0.523. The first-order chi connectivity index (χ1) is 12.9. The van der Waals surface area contributed by atoms with Crippen LogP contribution in [0.4, 0.5) is 11.6 Å². The van der Waals surface area contributed by atoms with Gasteiger partial charge in [0.15, 0.2) is 0 Å². The molecule has 2 aromatic rings. The zero-order chi connectivity index (χ0) is 19.8. The number of amides is 1. The molecule has 0 radical (unpaired) electrons. The van der Waals surface area contributed by atoms with Gasteiger partial charge >= 0.3 is 5.97 Å². The van der Waals surface area contributed by atoms with Crippen molar-refractivity contribution < 1.29 is 19.1 Å². The maximum Gasteiger partial charge on any atom is 0.320 e. The van der Waals surface area contributed by atoms with Crippen LogP contribution >= 0.6 is 0 Å². The van der Waals surface area contributed by atoms with E-state index in [1.54, 1.807) is 43.3 Å². The van der Waals surface area contributed by atoms with Crippen LogP contribution in [0, 0.1) is 0 Å². The van der Waals surface area contributed by atoms with E-state index < -0.39 is 0 Å². The molecule has 1 aromatic heterocycles. The SMILES string of the molecule is CCOC(=O)CN(C)CC=CC(=O)Nc1cc2cnc(N)nc2cc1OC. The van der Waals surface area contributed by atoms with Crippen LogP contribution in [0.5, 0.6) is 5.75 Å². The topological polar surface area (TPSA) is 120 Å². The highest BCUT2D eigenvalue weighted by Crippen LogP contribution is 2.29. The molecule has 2 rings (SSSR count). The Morgan fingerprint density at radius 3 is 2.85 bits per heavy atom. The van der Waals surface area contributed by atoms with E-state index in [0.29, 0.717) is 30.1 Å². The fourth-order valence-electron chi connectivity index (χ4n) is 2.35. The van der Waals surface area contributed by atoms with Crippen molar-refractivity contribution in [3.05, 3.63) is 30.5 Å². The summed E-state index contributed by atoms with van der Waals surface area (Å²) in [4.78, 5) is 33.4. The summed E-state index contributed by atoms with van der Waals surface area (Å²) >= 11 is 0. The molecular formula is C18H23N5O4. The van der Waals surface area contributed by atoms with E-state index in [0.717, 1.165) is 5.39 Å². The van der Waals surface area contributed by atoms with E-state index in [-0.39, 0.29) is 24.4 Å². The number of nitrogen functional groups attached to an aromatic ring is 1. The van der Waals surface area contributed by atoms with E-state index in [2.05, 4.69) is 15.3 Å². The molecule has 3 N–H and O–H groups in total. The number of ether oxygens (including phenoxy) is 2. The van der Waals surface area contributed by atoms with Crippen LogP contribution in [0.3, 0.4) is 0 Å². The second-order valence-corrected chi connectivity index (χ2v) is 5.73. The van der Waals surface area contributed by atoms with Gasteiger partial charge < -0.3 is 20.5 Å². The largest absolute Gasteiger partial charge is 0.494 e. The van der Waals surface area contributed by atoms with Gasteiger partial charge in [-0.2, -0.15) is 0 Å². The van der Waals surface area contributed by atoms with Crippen molar-refractivity contribution in [2.75, 3.05) is 44.9 Å². The molecule has 0 aliphatic carbocycles. The predicted octanol–water partition coefficient (Wildman–Crippen LogP) is 1.21. The van der Waals surface area contributed by atoms with Crippen LogP contribution in [0.1, 0.15) is 6.92 Å². The van der Waals surface area contributed by atoms with E-state index in [4.69, 9.17) is 15.2 Å². The van der Waals surface area contributed by atoms with Gasteiger partial charge in [0.2, 0.25) is 11.9 Å². The summed E-state index contributed by atoms with van der Waals surface area (Å²) in [5.41, 5.74) is 6.70. The number of carbonyl (C=O) groups excluding carboxylic acids is 2. The van der Waals surface area contributed by atoms with Crippen LogP contribution in [0.15, 0.2) is 30.5 Å². The van der Waals surface area contributed by atoms with E-state index in [9.17, 15) is 9.59 Å². The number of nitrogens with two attached hydrogens (primary N) is 1. The van der Waals surface area contributed by atoms with Gasteiger partial charge in [-0.15, -0.1) is 0 Å². The Morgan fingerprint density at radius 1 is 1.37 bits per heavy atom. The number of likely N-dealkylation sites (N-methyl/N-ethyl adjacent to an activating group) is 1. The fraction of sp³-hybridized carbons (Fsp3) is 0.333. The molecule has 9 heteroatoms. The summed E-state index contributed by atoms with van der Waals surface area (Å²) < 4.78 is 10.2. The number of hydrogen-bond donors (Lipinski definition) is 2. The minimum atomic E-state index is -0.325. The highest BCUT2D eigenvalue weighted by atomic mass is 16.5. The molecule has 0 aliphatic heterocycles. The summed E-state index contributed by atoms with van der Waals surface area (Å²) in [5, 5.41) is 3.48. The number of fused-ring (bicyclic) bond motifs is 1. The molecule has 0 aliphatic rings. The standard InChI is InChI=1S/C18H23N5O4/c1-4-27-17(25)11-23(2)7-5-6-16(24)21-14-8-12-10-20-18(19)22-13(12)9-15(14)26-3/h5-6,8-10H,4,7,11H2,1-3H3,(H,21,24)(H2,19,20,22). The second-order valence-electron chi connectivity index (χ2n) is 5.73. The van der Waals surface area contributed by atoms with Crippen molar-refractivity contribution in [1.29, 1.82) is 0 Å². The van der Waals surface area contributed by atoms with E-state index in [1.807, 2.05) is 0 Å². The van der Waals surface area contributed by atoms with Crippen molar-refractivity contribution in [1.82, 2.24) is 14.9 Å². The first-order valence-electron chi connectivity index (χ1n) is 8.35. The molecule has 0 saturated heterocycles. The monoisotopic (exact) mass is 373 g/mol. The van der Waals surface area contributed by atoms with E-state index >= 15 is 0 Å². The molecule has 0 spiro atoms. The van der Waals surface area contributed by atoms with Crippen molar-refractivity contribution in [3.63, 3.8) is 0 Å². The maximum atomic E-state index is 12.2. The molecule has 1 amide bonds. The third-order valence-corrected chi connectivity index (χ3v) is 3.57. The van der Waals surface area contributed by atoms with Crippen LogP contribution in [-0.4, -0.2) is 60.6 Å². The average molecular weight is 373 g/mol. The molecule has 1 aromatic carbocycles. The van der Waals surface area contributed by atoms with Crippen molar-refractivity contribution in [3.8, 4) is 5.75 Å². The van der Waals surface area contributed by atoms with Crippen LogP contribution in [0.2, 0.25) is 0 Å². The van der Waals surface area contributed by atoms with Gasteiger partial charge in [0.1, 0.15) is 5.75 Å². The number of carbonyl (C=O) groups is 2. The normalized spacial score (nSPS) is 11.1. The zero-order valence-corrected chi connectivity index (χ0v) is 15.6. The minimum absolute atomic E-state index is 0.154. The van der Waals surface area contributed by atoms with Gasteiger partial charge in [-0.1, -0.05) is 6.08 Å². The van der Waals surface area contributed by atoms with Crippen LogP contribution in [-0.2, 0) is 14.3 Å². The molecule has 0 saturated carbocycles. The smallest absolute Gasteiger partial charge is 0.320 e. The third-order valence-electron chi connectivity index (χ3n) is 3.57.